The largest absolute Gasteiger partial charge is 0.349 e. The minimum absolute atomic E-state index is 0.0647. The summed E-state index contributed by atoms with van der Waals surface area (Å²) in [6.07, 6.45) is 0. The van der Waals surface area contributed by atoms with Gasteiger partial charge in [-0.05, 0) is 29.8 Å². The summed E-state index contributed by atoms with van der Waals surface area (Å²) in [5, 5.41) is 3.53. The number of rotatable bonds is 4. The second kappa shape index (κ2) is 6.20. The van der Waals surface area contributed by atoms with E-state index in [2.05, 4.69) is 14.9 Å². The number of nitrogens with one attached hydrogen (secondary N) is 1. The van der Waals surface area contributed by atoms with Gasteiger partial charge in [0.2, 0.25) is 5.91 Å². The van der Waals surface area contributed by atoms with Crippen LogP contribution in [0, 0.1) is 0 Å². The van der Waals surface area contributed by atoms with Crippen LogP contribution in [0.2, 0.25) is 5.02 Å². The molecule has 0 atom stereocenters. The molecule has 0 unspecified atom stereocenters. The second-order valence-corrected chi connectivity index (χ2v) is 5.58. The molecule has 5 heteroatoms. The van der Waals surface area contributed by atoms with Gasteiger partial charge in [0.1, 0.15) is 5.82 Å². The van der Waals surface area contributed by atoms with Crippen molar-refractivity contribution in [3.8, 4) is 0 Å². The van der Waals surface area contributed by atoms with E-state index < -0.39 is 0 Å². The van der Waals surface area contributed by atoms with Crippen LogP contribution in [-0.4, -0.2) is 15.5 Å². The summed E-state index contributed by atoms with van der Waals surface area (Å²) in [6, 6.07) is 15.7. The Morgan fingerprint density at radius 2 is 1.91 bits per heavy atom. The van der Waals surface area contributed by atoms with E-state index in [4.69, 9.17) is 11.6 Å². The Morgan fingerprint density at radius 3 is 2.64 bits per heavy atom. The van der Waals surface area contributed by atoms with E-state index in [9.17, 15) is 4.79 Å². The molecule has 0 saturated carbocycles. The number of hydrogen-bond acceptors (Lipinski definition) is 2. The molecule has 1 heterocycles. The molecule has 0 aliphatic heterocycles. The molecule has 0 fully saturated rings. The molecule has 1 amide bonds. The number of halogens is 1. The van der Waals surface area contributed by atoms with Gasteiger partial charge in [-0.2, -0.15) is 0 Å². The van der Waals surface area contributed by atoms with Gasteiger partial charge in [0, 0.05) is 18.5 Å². The minimum atomic E-state index is -0.0647. The molecule has 4 nitrogen and oxygen atoms in total. The summed E-state index contributed by atoms with van der Waals surface area (Å²) in [6.45, 7) is 2.61. The highest BCUT2D eigenvalue weighted by Gasteiger charge is 2.11. The van der Waals surface area contributed by atoms with Gasteiger partial charge >= 0.3 is 0 Å². The number of hydrogen-bond donors (Lipinski definition) is 1. The smallest absolute Gasteiger partial charge is 0.217 e. The monoisotopic (exact) mass is 313 g/mol. The number of carbonyl (C=O) groups excluding carboxylic acids is 1. The first kappa shape index (κ1) is 14.6. The van der Waals surface area contributed by atoms with Gasteiger partial charge in [0.15, 0.2) is 0 Å². The molecule has 0 aliphatic carbocycles. The summed E-state index contributed by atoms with van der Waals surface area (Å²) in [4.78, 5) is 15.8. The lowest BCUT2D eigenvalue weighted by Gasteiger charge is -2.10. The molecule has 22 heavy (non-hydrogen) atoms. The number of benzene rings is 2. The summed E-state index contributed by atoms with van der Waals surface area (Å²) in [7, 11) is 0. The SMILES string of the molecule is CC(=O)NCc1nc2ccccc2n1Cc1ccc(Cl)cc1. The van der Waals surface area contributed by atoms with Gasteiger partial charge in [0.05, 0.1) is 17.6 Å². The topological polar surface area (TPSA) is 46.9 Å². The van der Waals surface area contributed by atoms with E-state index in [1.165, 1.54) is 6.92 Å². The number of para-hydroxylation sites is 2. The fourth-order valence-corrected chi connectivity index (χ4v) is 2.54. The molecule has 1 aromatic heterocycles. The van der Waals surface area contributed by atoms with Crippen molar-refractivity contribution in [3.05, 3.63) is 64.9 Å². The van der Waals surface area contributed by atoms with Crippen LogP contribution < -0.4 is 5.32 Å². The number of nitrogens with zero attached hydrogens (tertiary/aromatic N) is 2. The molecule has 112 valence electrons. The molecule has 0 aliphatic rings. The van der Waals surface area contributed by atoms with E-state index in [0.717, 1.165) is 27.4 Å². The standard InChI is InChI=1S/C17H16ClN3O/c1-12(22)19-10-17-20-15-4-2-3-5-16(15)21(17)11-13-6-8-14(18)9-7-13/h2-9H,10-11H2,1H3,(H,19,22). The molecule has 0 saturated heterocycles. The molecule has 0 bridgehead atoms. The molecule has 3 rings (SSSR count). The van der Waals surface area contributed by atoms with Crippen molar-refractivity contribution < 1.29 is 4.79 Å². The van der Waals surface area contributed by atoms with E-state index in [0.29, 0.717) is 13.1 Å². The molecule has 3 aromatic rings. The highest BCUT2D eigenvalue weighted by Crippen LogP contribution is 2.19. The van der Waals surface area contributed by atoms with Gasteiger partial charge in [-0.15, -0.1) is 0 Å². The molecular formula is C17H16ClN3O. The van der Waals surface area contributed by atoms with Gasteiger partial charge < -0.3 is 9.88 Å². The van der Waals surface area contributed by atoms with Crippen molar-refractivity contribution in [1.82, 2.24) is 14.9 Å². The zero-order chi connectivity index (χ0) is 15.5. The van der Waals surface area contributed by atoms with Crippen LogP contribution in [0.1, 0.15) is 18.3 Å². The van der Waals surface area contributed by atoms with Crippen LogP contribution in [0.25, 0.3) is 11.0 Å². The lowest BCUT2D eigenvalue weighted by molar-refractivity contribution is -0.119. The van der Waals surface area contributed by atoms with Crippen LogP contribution in [0.5, 0.6) is 0 Å². The summed E-state index contributed by atoms with van der Waals surface area (Å²) >= 11 is 5.94. The Hall–Kier alpha value is -2.33. The van der Waals surface area contributed by atoms with Gasteiger partial charge in [0.25, 0.3) is 0 Å². The predicted octanol–water partition coefficient (Wildman–Crippen LogP) is 3.37. The van der Waals surface area contributed by atoms with Crippen molar-refractivity contribution in [1.29, 1.82) is 0 Å². The third-order valence-corrected chi connectivity index (χ3v) is 3.73. The second-order valence-electron chi connectivity index (χ2n) is 5.14. The minimum Gasteiger partial charge on any atom is -0.349 e. The highest BCUT2D eigenvalue weighted by molar-refractivity contribution is 6.30. The van der Waals surface area contributed by atoms with Crippen LogP contribution in [0.15, 0.2) is 48.5 Å². The maximum absolute atomic E-state index is 11.2. The summed E-state index contributed by atoms with van der Waals surface area (Å²) < 4.78 is 2.12. The third-order valence-electron chi connectivity index (χ3n) is 3.48. The summed E-state index contributed by atoms with van der Waals surface area (Å²) in [5.74, 6) is 0.774. The highest BCUT2D eigenvalue weighted by atomic mass is 35.5. The molecule has 2 aromatic carbocycles. The van der Waals surface area contributed by atoms with Gasteiger partial charge in [-0.3, -0.25) is 4.79 Å². The lowest BCUT2D eigenvalue weighted by Crippen LogP contribution is -2.21. The number of amides is 1. The number of carbonyl (C=O) groups is 1. The van der Waals surface area contributed by atoms with Crippen LogP contribution in [0.3, 0.4) is 0 Å². The average Bonchev–Trinajstić information content (AvgIpc) is 2.85. The quantitative estimate of drug-likeness (QED) is 0.802. The van der Waals surface area contributed by atoms with Gasteiger partial charge in [-0.1, -0.05) is 35.9 Å². The van der Waals surface area contributed by atoms with Crippen molar-refractivity contribution in [2.45, 2.75) is 20.0 Å². The first-order valence-corrected chi connectivity index (χ1v) is 7.44. The Labute approximate surface area is 133 Å². The van der Waals surface area contributed by atoms with Crippen molar-refractivity contribution in [3.63, 3.8) is 0 Å². The first-order valence-electron chi connectivity index (χ1n) is 7.06. The zero-order valence-corrected chi connectivity index (χ0v) is 13.0. The maximum atomic E-state index is 11.2. The Morgan fingerprint density at radius 1 is 1.18 bits per heavy atom. The van der Waals surface area contributed by atoms with Crippen LogP contribution in [0.4, 0.5) is 0 Å². The lowest BCUT2D eigenvalue weighted by atomic mass is 10.2. The fraction of sp³-hybridized carbons (Fsp3) is 0.176. The fourth-order valence-electron chi connectivity index (χ4n) is 2.41. The maximum Gasteiger partial charge on any atom is 0.217 e. The van der Waals surface area contributed by atoms with Gasteiger partial charge in [-0.25, -0.2) is 4.98 Å². The Bertz CT molecular complexity index is 808. The number of aromatic nitrogens is 2. The Kier molecular flexibility index (Phi) is 4.11. The molecule has 1 N–H and O–H groups in total. The van der Waals surface area contributed by atoms with Crippen molar-refractivity contribution >= 4 is 28.5 Å². The molecule has 0 spiro atoms. The zero-order valence-electron chi connectivity index (χ0n) is 12.2. The van der Waals surface area contributed by atoms with E-state index in [1.54, 1.807) is 0 Å². The predicted molar refractivity (Wildman–Crippen MR) is 87.8 cm³/mol. The average molecular weight is 314 g/mol. The van der Waals surface area contributed by atoms with Crippen molar-refractivity contribution in [2.24, 2.45) is 0 Å². The van der Waals surface area contributed by atoms with Crippen molar-refractivity contribution in [2.75, 3.05) is 0 Å². The Balaban J connectivity index is 1.99. The number of imidazole rings is 1. The normalized spacial score (nSPS) is 10.8. The number of fused-ring (bicyclic) bond motifs is 1. The summed E-state index contributed by atoms with van der Waals surface area (Å²) in [5.41, 5.74) is 3.12. The van der Waals surface area contributed by atoms with E-state index in [-0.39, 0.29) is 5.91 Å². The first-order chi connectivity index (χ1) is 10.6. The molecular weight excluding hydrogens is 298 g/mol. The van der Waals surface area contributed by atoms with Crippen LogP contribution in [-0.2, 0) is 17.9 Å². The van der Waals surface area contributed by atoms with E-state index >= 15 is 0 Å². The third kappa shape index (κ3) is 3.12. The van der Waals surface area contributed by atoms with E-state index in [1.807, 2.05) is 48.5 Å². The molecule has 0 radical (unpaired) electrons. The van der Waals surface area contributed by atoms with Crippen LogP contribution >= 0.6 is 11.6 Å².